The number of carbonyl (C=O) groups excluding carboxylic acids is 2. The number of halogens is 2. The van der Waals surface area contributed by atoms with Gasteiger partial charge in [-0.15, -0.1) is 0 Å². The number of rotatable bonds is 3. The molecule has 3 rings (SSSR count). The fourth-order valence-electron chi connectivity index (χ4n) is 2.24. The zero-order chi connectivity index (χ0) is 16.4. The summed E-state index contributed by atoms with van der Waals surface area (Å²) in [6.07, 6.45) is 1.59. The summed E-state index contributed by atoms with van der Waals surface area (Å²) in [4.78, 5) is 25.3. The molecule has 0 radical (unpaired) electrons. The van der Waals surface area contributed by atoms with Gasteiger partial charge in [0.1, 0.15) is 11.5 Å². The van der Waals surface area contributed by atoms with Crippen molar-refractivity contribution >= 4 is 33.9 Å². The van der Waals surface area contributed by atoms with Crippen LogP contribution < -0.4 is 5.32 Å². The second-order valence-corrected chi connectivity index (χ2v) is 5.94. The highest BCUT2D eigenvalue weighted by Crippen LogP contribution is 2.19. The van der Waals surface area contributed by atoms with Crippen LogP contribution in [0.15, 0.2) is 58.7 Å². The third kappa shape index (κ3) is 3.32. The van der Waals surface area contributed by atoms with Gasteiger partial charge in [0.2, 0.25) is 0 Å². The normalized spacial score (nSPS) is 16.1. The molecule has 1 aliphatic rings. The standard InChI is InChI=1S/C17H12BrFN2O2/c18-13-7-5-11(6-8-13)9-15-16(22)21(17(23)20-15)10-12-3-1-2-4-14(12)19/h1-9H,10H2,(H,20,23)/b15-9+. The average Bonchev–Trinajstić information content (AvgIpc) is 2.79. The predicted molar refractivity (Wildman–Crippen MR) is 87.6 cm³/mol. The van der Waals surface area contributed by atoms with Crippen LogP contribution in [0.5, 0.6) is 0 Å². The highest BCUT2D eigenvalue weighted by Gasteiger charge is 2.33. The molecule has 1 aliphatic heterocycles. The fourth-order valence-corrected chi connectivity index (χ4v) is 2.50. The summed E-state index contributed by atoms with van der Waals surface area (Å²) in [6, 6.07) is 12.8. The van der Waals surface area contributed by atoms with Crippen LogP contribution in [0.2, 0.25) is 0 Å². The number of benzene rings is 2. The lowest BCUT2D eigenvalue weighted by Gasteiger charge is -2.12. The van der Waals surface area contributed by atoms with Gasteiger partial charge >= 0.3 is 6.03 Å². The van der Waals surface area contributed by atoms with E-state index in [0.717, 1.165) is 14.9 Å². The second kappa shape index (κ2) is 6.34. The first-order chi connectivity index (χ1) is 11.0. The van der Waals surface area contributed by atoms with Crippen LogP contribution in [0.4, 0.5) is 9.18 Å². The van der Waals surface area contributed by atoms with Crippen molar-refractivity contribution in [3.8, 4) is 0 Å². The van der Waals surface area contributed by atoms with Crippen LogP contribution in [-0.4, -0.2) is 16.8 Å². The average molecular weight is 375 g/mol. The largest absolute Gasteiger partial charge is 0.329 e. The Morgan fingerprint density at radius 3 is 2.48 bits per heavy atom. The van der Waals surface area contributed by atoms with Gasteiger partial charge in [0.25, 0.3) is 5.91 Å². The number of nitrogens with one attached hydrogen (secondary N) is 1. The quantitative estimate of drug-likeness (QED) is 0.657. The highest BCUT2D eigenvalue weighted by molar-refractivity contribution is 9.10. The first kappa shape index (κ1) is 15.4. The molecular weight excluding hydrogens is 363 g/mol. The maximum atomic E-state index is 13.7. The topological polar surface area (TPSA) is 49.4 Å². The highest BCUT2D eigenvalue weighted by atomic mass is 79.9. The molecular formula is C17H12BrFN2O2. The molecule has 0 aromatic heterocycles. The van der Waals surface area contributed by atoms with Crippen molar-refractivity contribution in [2.45, 2.75) is 6.54 Å². The Kier molecular flexibility index (Phi) is 4.25. The molecule has 116 valence electrons. The zero-order valence-electron chi connectivity index (χ0n) is 11.9. The zero-order valence-corrected chi connectivity index (χ0v) is 13.5. The van der Waals surface area contributed by atoms with Crippen LogP contribution in [0, 0.1) is 5.82 Å². The van der Waals surface area contributed by atoms with Gasteiger partial charge in [0.05, 0.1) is 6.54 Å². The molecule has 6 heteroatoms. The van der Waals surface area contributed by atoms with E-state index in [2.05, 4.69) is 21.2 Å². The van der Waals surface area contributed by atoms with E-state index in [-0.39, 0.29) is 12.2 Å². The van der Waals surface area contributed by atoms with Gasteiger partial charge in [0.15, 0.2) is 0 Å². The van der Waals surface area contributed by atoms with Crippen molar-refractivity contribution in [3.63, 3.8) is 0 Å². The predicted octanol–water partition coefficient (Wildman–Crippen LogP) is 3.68. The maximum absolute atomic E-state index is 13.7. The molecule has 0 atom stereocenters. The van der Waals surface area contributed by atoms with E-state index in [1.54, 1.807) is 24.3 Å². The molecule has 2 aromatic rings. The first-order valence-electron chi connectivity index (χ1n) is 6.88. The van der Waals surface area contributed by atoms with Gasteiger partial charge in [-0.25, -0.2) is 9.18 Å². The molecule has 0 saturated carbocycles. The van der Waals surface area contributed by atoms with Gasteiger partial charge < -0.3 is 5.32 Å². The van der Waals surface area contributed by atoms with E-state index in [0.29, 0.717) is 5.56 Å². The van der Waals surface area contributed by atoms with Gasteiger partial charge in [-0.3, -0.25) is 9.69 Å². The molecule has 1 heterocycles. The van der Waals surface area contributed by atoms with Gasteiger partial charge in [-0.1, -0.05) is 46.3 Å². The summed E-state index contributed by atoms with van der Waals surface area (Å²) in [5.41, 5.74) is 1.25. The number of hydrogen-bond donors (Lipinski definition) is 1. The molecule has 4 nitrogen and oxygen atoms in total. The summed E-state index contributed by atoms with van der Waals surface area (Å²) in [5, 5.41) is 2.52. The lowest BCUT2D eigenvalue weighted by atomic mass is 10.2. The minimum absolute atomic E-state index is 0.102. The molecule has 0 unspecified atom stereocenters. The summed E-state index contributed by atoms with van der Waals surface area (Å²) in [5.74, 6) is -0.917. The van der Waals surface area contributed by atoms with E-state index in [9.17, 15) is 14.0 Å². The van der Waals surface area contributed by atoms with Crippen LogP contribution >= 0.6 is 15.9 Å². The summed E-state index contributed by atoms with van der Waals surface area (Å²) < 4.78 is 14.6. The van der Waals surface area contributed by atoms with Crippen LogP contribution in [0.25, 0.3) is 6.08 Å². The lowest BCUT2D eigenvalue weighted by molar-refractivity contribution is -0.123. The Labute approximate surface area is 140 Å². The van der Waals surface area contributed by atoms with E-state index >= 15 is 0 Å². The Balaban J connectivity index is 1.82. The molecule has 0 bridgehead atoms. The third-order valence-electron chi connectivity index (χ3n) is 3.43. The Hall–Kier alpha value is -2.47. The first-order valence-corrected chi connectivity index (χ1v) is 7.67. The molecule has 2 aromatic carbocycles. The van der Waals surface area contributed by atoms with Crippen molar-refractivity contribution in [2.75, 3.05) is 0 Å². The molecule has 23 heavy (non-hydrogen) atoms. The van der Waals surface area contributed by atoms with Crippen molar-refractivity contribution in [1.82, 2.24) is 10.2 Å². The van der Waals surface area contributed by atoms with Crippen LogP contribution in [-0.2, 0) is 11.3 Å². The van der Waals surface area contributed by atoms with Crippen LogP contribution in [0.1, 0.15) is 11.1 Å². The third-order valence-corrected chi connectivity index (χ3v) is 3.96. The van der Waals surface area contributed by atoms with E-state index in [4.69, 9.17) is 0 Å². The van der Waals surface area contributed by atoms with Crippen LogP contribution in [0.3, 0.4) is 0 Å². The van der Waals surface area contributed by atoms with E-state index in [1.165, 1.54) is 6.07 Å². The van der Waals surface area contributed by atoms with Gasteiger partial charge in [-0.2, -0.15) is 0 Å². The van der Waals surface area contributed by atoms with Crippen molar-refractivity contribution in [1.29, 1.82) is 0 Å². The number of hydrogen-bond acceptors (Lipinski definition) is 2. The number of amides is 3. The molecule has 1 fully saturated rings. The molecule has 3 amide bonds. The number of nitrogens with zero attached hydrogens (tertiary/aromatic N) is 1. The number of imide groups is 1. The number of urea groups is 1. The lowest BCUT2D eigenvalue weighted by Crippen LogP contribution is -2.30. The monoisotopic (exact) mass is 374 g/mol. The van der Waals surface area contributed by atoms with Gasteiger partial charge in [0, 0.05) is 10.0 Å². The Morgan fingerprint density at radius 1 is 1.09 bits per heavy atom. The fraction of sp³-hybridized carbons (Fsp3) is 0.0588. The summed E-state index contributed by atoms with van der Waals surface area (Å²) in [6.45, 7) is -0.102. The Morgan fingerprint density at radius 2 is 1.78 bits per heavy atom. The Bertz CT molecular complexity index is 802. The minimum atomic E-state index is -0.554. The SMILES string of the molecule is O=C1N/C(=C/c2ccc(Br)cc2)C(=O)N1Cc1ccccc1F. The second-order valence-electron chi connectivity index (χ2n) is 5.02. The summed E-state index contributed by atoms with van der Waals surface area (Å²) >= 11 is 3.33. The molecule has 1 N–H and O–H groups in total. The molecule has 0 spiro atoms. The van der Waals surface area contributed by atoms with Crippen molar-refractivity contribution in [2.24, 2.45) is 0 Å². The minimum Gasteiger partial charge on any atom is -0.303 e. The van der Waals surface area contributed by atoms with Gasteiger partial charge in [-0.05, 0) is 29.8 Å². The molecule has 0 aliphatic carbocycles. The number of carbonyl (C=O) groups is 2. The molecule has 1 saturated heterocycles. The van der Waals surface area contributed by atoms with Crippen molar-refractivity contribution < 1.29 is 14.0 Å². The van der Waals surface area contributed by atoms with E-state index < -0.39 is 17.8 Å². The van der Waals surface area contributed by atoms with Crippen molar-refractivity contribution in [3.05, 3.63) is 75.6 Å². The maximum Gasteiger partial charge on any atom is 0.329 e. The summed E-state index contributed by atoms with van der Waals surface area (Å²) in [7, 11) is 0. The van der Waals surface area contributed by atoms with E-state index in [1.807, 2.05) is 24.3 Å². The smallest absolute Gasteiger partial charge is 0.303 e.